The molecule has 0 saturated heterocycles. The quantitative estimate of drug-likeness (QED) is 0.563. The molecule has 0 atom stereocenters. The van der Waals surface area contributed by atoms with E-state index in [9.17, 15) is 14.9 Å². The summed E-state index contributed by atoms with van der Waals surface area (Å²) in [4.78, 5) is 22.3. The smallest absolute Gasteiger partial charge is 0.307 e. The lowest BCUT2D eigenvalue weighted by molar-refractivity contribution is -0.385. The summed E-state index contributed by atoms with van der Waals surface area (Å²) in [5, 5.41) is 26.1. The van der Waals surface area contributed by atoms with Gasteiger partial charge in [0.2, 0.25) is 0 Å². The van der Waals surface area contributed by atoms with E-state index in [1.54, 1.807) is 30.3 Å². The number of nitro groups is 1. The van der Waals surface area contributed by atoms with Crippen molar-refractivity contribution in [1.82, 2.24) is 9.78 Å². The number of nitriles is 1. The Bertz CT molecular complexity index is 982. The topological polar surface area (TPSA) is 127 Å². The molecular formula is C16H11N5O4. The fraction of sp³-hybridized carbons (Fsp3) is 0.0625. The maximum absolute atomic E-state index is 12.2. The van der Waals surface area contributed by atoms with Crippen molar-refractivity contribution in [2.24, 2.45) is 0 Å². The molecule has 0 aliphatic carbocycles. The van der Waals surface area contributed by atoms with E-state index >= 15 is 0 Å². The van der Waals surface area contributed by atoms with Gasteiger partial charge in [0.15, 0.2) is 5.76 Å². The van der Waals surface area contributed by atoms with Crippen LogP contribution in [-0.2, 0) is 6.54 Å². The summed E-state index contributed by atoms with van der Waals surface area (Å²) in [7, 11) is 0. The Morgan fingerprint density at radius 1 is 1.36 bits per heavy atom. The fourth-order valence-electron chi connectivity index (χ4n) is 2.15. The second-order valence-electron chi connectivity index (χ2n) is 5.03. The number of hydrogen-bond acceptors (Lipinski definition) is 6. The average Bonchev–Trinajstić information content (AvgIpc) is 3.25. The maximum Gasteiger partial charge on any atom is 0.307 e. The number of nitrogens with zero attached hydrogens (tertiary/aromatic N) is 4. The van der Waals surface area contributed by atoms with E-state index in [4.69, 9.17) is 9.68 Å². The Kier molecular flexibility index (Phi) is 4.26. The van der Waals surface area contributed by atoms with Crippen LogP contribution in [0.4, 0.5) is 11.4 Å². The van der Waals surface area contributed by atoms with Crippen LogP contribution in [0.2, 0.25) is 0 Å². The maximum atomic E-state index is 12.2. The lowest BCUT2D eigenvalue weighted by Crippen LogP contribution is -2.12. The molecule has 2 heterocycles. The molecule has 9 nitrogen and oxygen atoms in total. The van der Waals surface area contributed by atoms with Crippen molar-refractivity contribution < 1.29 is 14.1 Å². The van der Waals surface area contributed by atoms with Gasteiger partial charge in [-0.25, -0.2) is 0 Å². The van der Waals surface area contributed by atoms with Crippen LogP contribution in [0.5, 0.6) is 0 Å². The van der Waals surface area contributed by atoms with Crippen LogP contribution in [0.1, 0.15) is 21.9 Å². The normalized spacial score (nSPS) is 10.2. The predicted octanol–water partition coefficient (Wildman–Crippen LogP) is 2.56. The lowest BCUT2D eigenvalue weighted by Gasteiger charge is -2.04. The highest BCUT2D eigenvalue weighted by Crippen LogP contribution is 2.17. The molecule has 0 unspecified atom stereocenters. The van der Waals surface area contributed by atoms with Gasteiger partial charge in [-0.3, -0.25) is 19.6 Å². The van der Waals surface area contributed by atoms with Crippen molar-refractivity contribution in [3.63, 3.8) is 0 Å². The Morgan fingerprint density at radius 3 is 2.88 bits per heavy atom. The molecule has 0 aliphatic rings. The number of rotatable bonds is 5. The molecule has 0 bridgehead atoms. The summed E-state index contributed by atoms with van der Waals surface area (Å²) in [6.07, 6.45) is 2.40. The van der Waals surface area contributed by atoms with Crippen molar-refractivity contribution in [3.8, 4) is 6.07 Å². The monoisotopic (exact) mass is 337 g/mol. The molecule has 0 radical (unpaired) electrons. The van der Waals surface area contributed by atoms with Gasteiger partial charge >= 0.3 is 5.69 Å². The van der Waals surface area contributed by atoms with Gasteiger partial charge in [-0.1, -0.05) is 12.1 Å². The van der Waals surface area contributed by atoms with E-state index in [2.05, 4.69) is 10.4 Å². The average molecular weight is 337 g/mol. The number of amides is 1. The first kappa shape index (κ1) is 15.9. The van der Waals surface area contributed by atoms with Crippen LogP contribution in [-0.4, -0.2) is 20.6 Å². The van der Waals surface area contributed by atoms with Crippen molar-refractivity contribution in [3.05, 3.63) is 76.0 Å². The molecule has 0 fully saturated rings. The van der Waals surface area contributed by atoms with Crippen LogP contribution in [0.15, 0.2) is 53.2 Å². The molecule has 0 spiro atoms. The number of aromatic nitrogens is 2. The standard InChI is InChI=1S/C16H11N5O4/c17-7-11-3-1-2-4-14(11)19-16(22)15-6-5-13(25-15)10-20-9-12(8-18-20)21(23)24/h1-6,8-9H,10H2,(H,19,22). The van der Waals surface area contributed by atoms with Gasteiger partial charge in [0.1, 0.15) is 24.2 Å². The van der Waals surface area contributed by atoms with Gasteiger partial charge < -0.3 is 9.73 Å². The van der Waals surface area contributed by atoms with E-state index in [-0.39, 0.29) is 18.0 Å². The van der Waals surface area contributed by atoms with Gasteiger partial charge in [0.25, 0.3) is 5.91 Å². The molecule has 0 aliphatic heterocycles. The Morgan fingerprint density at radius 2 is 2.16 bits per heavy atom. The fourth-order valence-corrected chi connectivity index (χ4v) is 2.15. The molecular weight excluding hydrogens is 326 g/mol. The molecule has 25 heavy (non-hydrogen) atoms. The van der Waals surface area contributed by atoms with E-state index < -0.39 is 10.8 Å². The molecule has 1 N–H and O–H groups in total. The van der Waals surface area contributed by atoms with Gasteiger partial charge in [-0.2, -0.15) is 10.4 Å². The highest BCUT2D eigenvalue weighted by molar-refractivity contribution is 6.03. The summed E-state index contributed by atoms with van der Waals surface area (Å²) in [5.41, 5.74) is 0.597. The molecule has 9 heteroatoms. The van der Waals surface area contributed by atoms with Crippen LogP contribution >= 0.6 is 0 Å². The summed E-state index contributed by atoms with van der Waals surface area (Å²) in [5.74, 6) is -0.0264. The first-order chi connectivity index (χ1) is 12.1. The lowest BCUT2D eigenvalue weighted by atomic mass is 10.2. The molecule has 2 aromatic heterocycles. The van der Waals surface area contributed by atoms with Crippen LogP contribution in [0.3, 0.4) is 0 Å². The number of carbonyl (C=O) groups excluding carboxylic acids is 1. The molecule has 0 saturated carbocycles. The summed E-state index contributed by atoms with van der Waals surface area (Å²) in [6.45, 7) is 0.149. The van der Waals surface area contributed by atoms with E-state index in [0.29, 0.717) is 17.0 Å². The van der Waals surface area contributed by atoms with Gasteiger partial charge in [-0.15, -0.1) is 0 Å². The predicted molar refractivity (Wildman–Crippen MR) is 85.8 cm³/mol. The van der Waals surface area contributed by atoms with Crippen LogP contribution in [0.25, 0.3) is 0 Å². The summed E-state index contributed by atoms with van der Waals surface area (Å²) in [6, 6.07) is 11.7. The number of anilines is 1. The zero-order valence-corrected chi connectivity index (χ0v) is 12.7. The minimum absolute atomic E-state index is 0.0596. The first-order valence-electron chi connectivity index (χ1n) is 7.13. The van der Waals surface area contributed by atoms with Gasteiger partial charge in [0.05, 0.1) is 22.7 Å². The highest BCUT2D eigenvalue weighted by atomic mass is 16.6. The highest BCUT2D eigenvalue weighted by Gasteiger charge is 2.15. The zero-order chi connectivity index (χ0) is 17.8. The van der Waals surface area contributed by atoms with Gasteiger partial charge in [-0.05, 0) is 24.3 Å². The Labute approximate surface area is 141 Å². The molecule has 1 amide bonds. The third kappa shape index (κ3) is 3.53. The molecule has 3 rings (SSSR count). The third-order valence-electron chi connectivity index (χ3n) is 3.33. The number of carbonyl (C=O) groups is 1. The van der Waals surface area contributed by atoms with Crippen molar-refractivity contribution in [2.45, 2.75) is 6.54 Å². The van der Waals surface area contributed by atoms with E-state index in [1.165, 1.54) is 16.9 Å². The number of furan rings is 1. The molecule has 1 aromatic carbocycles. The van der Waals surface area contributed by atoms with Gasteiger partial charge in [0, 0.05) is 0 Å². The third-order valence-corrected chi connectivity index (χ3v) is 3.33. The number of nitrogens with one attached hydrogen (secondary N) is 1. The van der Waals surface area contributed by atoms with E-state index in [1.807, 2.05) is 6.07 Å². The minimum Gasteiger partial charge on any atom is -0.454 e. The minimum atomic E-state index is -0.544. The van der Waals surface area contributed by atoms with Crippen LogP contribution in [0, 0.1) is 21.4 Å². The molecule has 124 valence electrons. The van der Waals surface area contributed by atoms with Crippen molar-refractivity contribution in [2.75, 3.05) is 5.32 Å². The second kappa shape index (κ2) is 6.67. The number of benzene rings is 1. The number of hydrogen-bond donors (Lipinski definition) is 1. The Hall–Kier alpha value is -3.93. The summed E-state index contributed by atoms with van der Waals surface area (Å²) < 4.78 is 6.78. The van der Waals surface area contributed by atoms with E-state index in [0.717, 1.165) is 6.20 Å². The van der Waals surface area contributed by atoms with Crippen molar-refractivity contribution in [1.29, 1.82) is 5.26 Å². The van der Waals surface area contributed by atoms with Crippen molar-refractivity contribution >= 4 is 17.3 Å². The molecule has 3 aromatic rings. The Balaban J connectivity index is 1.71. The first-order valence-corrected chi connectivity index (χ1v) is 7.13. The van der Waals surface area contributed by atoms with Crippen LogP contribution < -0.4 is 5.32 Å². The summed E-state index contributed by atoms with van der Waals surface area (Å²) >= 11 is 0. The SMILES string of the molecule is N#Cc1ccccc1NC(=O)c1ccc(Cn2cc([N+](=O)[O-])cn2)o1. The zero-order valence-electron chi connectivity index (χ0n) is 12.7. The second-order valence-corrected chi connectivity index (χ2v) is 5.03. The number of para-hydroxylation sites is 1. The largest absolute Gasteiger partial charge is 0.454 e.